The third kappa shape index (κ3) is 7.24. The van der Waals surface area contributed by atoms with Gasteiger partial charge in [0.25, 0.3) is 0 Å². The summed E-state index contributed by atoms with van der Waals surface area (Å²) in [5.41, 5.74) is 5.78. The molecule has 28 heavy (non-hydrogen) atoms. The van der Waals surface area contributed by atoms with Gasteiger partial charge in [-0.05, 0) is 31.7 Å². The van der Waals surface area contributed by atoms with Gasteiger partial charge in [-0.25, -0.2) is 9.98 Å². The van der Waals surface area contributed by atoms with Gasteiger partial charge in [-0.15, -0.1) is 0 Å². The molecular formula is C18H26F3N5O2. The molecule has 0 aliphatic carbocycles. The lowest BCUT2D eigenvalue weighted by molar-refractivity contribution is -0.154. The predicted molar refractivity (Wildman–Crippen MR) is 98.7 cm³/mol. The van der Waals surface area contributed by atoms with Crippen LogP contribution in [0, 0.1) is 5.92 Å². The van der Waals surface area contributed by atoms with Crippen LogP contribution in [-0.2, 0) is 11.3 Å². The van der Waals surface area contributed by atoms with Crippen LogP contribution in [0.5, 0.6) is 5.88 Å². The predicted octanol–water partition coefficient (Wildman–Crippen LogP) is 2.08. The van der Waals surface area contributed by atoms with Crippen molar-refractivity contribution in [3.63, 3.8) is 0 Å². The Balaban J connectivity index is 2.09. The monoisotopic (exact) mass is 401 g/mol. The third-order valence-electron chi connectivity index (χ3n) is 4.26. The maximum absolute atomic E-state index is 12.4. The zero-order valence-electron chi connectivity index (χ0n) is 15.8. The molecule has 1 aromatic rings. The number of hydrogen-bond donors (Lipinski definition) is 2. The largest absolute Gasteiger partial charge is 0.468 e. The van der Waals surface area contributed by atoms with Crippen LogP contribution in [-0.4, -0.2) is 54.2 Å². The molecule has 0 spiro atoms. The number of aliphatic imine (C=N–C) groups is 1. The molecule has 1 atom stereocenters. The Morgan fingerprint density at radius 1 is 1.50 bits per heavy atom. The first kappa shape index (κ1) is 21.8. The Kier molecular flexibility index (Phi) is 7.89. The lowest BCUT2D eigenvalue weighted by Crippen LogP contribution is -2.47. The number of piperidine rings is 1. The van der Waals surface area contributed by atoms with Crippen molar-refractivity contribution in [2.75, 3.05) is 26.2 Å². The summed E-state index contributed by atoms with van der Waals surface area (Å²) in [5, 5.41) is 3.19. The van der Waals surface area contributed by atoms with Crippen LogP contribution in [0.4, 0.5) is 13.2 Å². The number of aromatic nitrogens is 1. The van der Waals surface area contributed by atoms with Gasteiger partial charge in [0, 0.05) is 37.8 Å². The molecule has 1 aliphatic heterocycles. The van der Waals surface area contributed by atoms with Gasteiger partial charge in [-0.1, -0.05) is 6.07 Å². The summed E-state index contributed by atoms with van der Waals surface area (Å²) in [6, 6.07) is 3.26. The summed E-state index contributed by atoms with van der Waals surface area (Å²) in [4.78, 5) is 21.7. The molecule has 1 unspecified atom stereocenters. The molecule has 1 aliphatic rings. The van der Waals surface area contributed by atoms with E-state index in [0.717, 1.165) is 19.4 Å². The Morgan fingerprint density at radius 2 is 2.29 bits per heavy atom. The quantitative estimate of drug-likeness (QED) is 0.539. The van der Waals surface area contributed by atoms with Gasteiger partial charge in [-0.3, -0.25) is 4.79 Å². The SMILES string of the molecule is CCNC(=NCc1cccnc1OCC(F)(F)F)N1CCCC(CC(N)=O)C1. The van der Waals surface area contributed by atoms with Gasteiger partial charge >= 0.3 is 6.18 Å². The van der Waals surface area contributed by atoms with E-state index in [2.05, 4.69) is 15.3 Å². The number of hydrogen-bond acceptors (Lipinski definition) is 4. The van der Waals surface area contributed by atoms with Gasteiger partial charge in [0.05, 0.1) is 6.54 Å². The lowest BCUT2D eigenvalue weighted by Gasteiger charge is -2.34. The number of nitrogens with two attached hydrogens (primary N) is 1. The van der Waals surface area contributed by atoms with E-state index >= 15 is 0 Å². The van der Waals surface area contributed by atoms with E-state index in [1.54, 1.807) is 12.1 Å². The average molecular weight is 401 g/mol. The number of rotatable bonds is 7. The number of primary amides is 1. The molecule has 1 saturated heterocycles. The van der Waals surface area contributed by atoms with Crippen molar-refractivity contribution in [3.8, 4) is 5.88 Å². The fourth-order valence-corrected chi connectivity index (χ4v) is 3.12. The van der Waals surface area contributed by atoms with Crippen molar-refractivity contribution in [1.29, 1.82) is 0 Å². The average Bonchev–Trinajstić information content (AvgIpc) is 2.63. The summed E-state index contributed by atoms with van der Waals surface area (Å²) in [7, 11) is 0. The van der Waals surface area contributed by atoms with E-state index < -0.39 is 12.8 Å². The highest BCUT2D eigenvalue weighted by Crippen LogP contribution is 2.22. The molecule has 2 heterocycles. The molecule has 2 rings (SSSR count). The second kappa shape index (κ2) is 10.1. The van der Waals surface area contributed by atoms with E-state index in [-0.39, 0.29) is 24.2 Å². The van der Waals surface area contributed by atoms with E-state index in [0.29, 0.717) is 31.0 Å². The number of carbonyl (C=O) groups excluding carboxylic acids is 1. The molecule has 156 valence electrons. The number of halogens is 3. The number of ether oxygens (including phenoxy) is 1. The van der Waals surface area contributed by atoms with Gasteiger partial charge in [-0.2, -0.15) is 13.2 Å². The van der Waals surface area contributed by atoms with Crippen LogP contribution in [0.25, 0.3) is 0 Å². The molecule has 0 aromatic carbocycles. The van der Waals surface area contributed by atoms with Crippen molar-refractivity contribution in [2.45, 2.75) is 38.9 Å². The first-order valence-corrected chi connectivity index (χ1v) is 9.23. The van der Waals surface area contributed by atoms with Crippen molar-refractivity contribution in [3.05, 3.63) is 23.9 Å². The minimum Gasteiger partial charge on any atom is -0.468 e. The van der Waals surface area contributed by atoms with Crippen molar-refractivity contribution in [2.24, 2.45) is 16.6 Å². The highest BCUT2D eigenvalue weighted by atomic mass is 19.4. The molecule has 10 heteroatoms. The van der Waals surface area contributed by atoms with Crippen molar-refractivity contribution < 1.29 is 22.7 Å². The molecule has 0 saturated carbocycles. The number of amides is 1. The Bertz CT molecular complexity index is 681. The number of pyridine rings is 1. The maximum Gasteiger partial charge on any atom is 0.422 e. The zero-order valence-corrected chi connectivity index (χ0v) is 15.8. The van der Waals surface area contributed by atoms with Crippen molar-refractivity contribution in [1.82, 2.24) is 15.2 Å². The topological polar surface area (TPSA) is 92.8 Å². The summed E-state index contributed by atoms with van der Waals surface area (Å²) >= 11 is 0. The molecule has 0 bridgehead atoms. The van der Waals surface area contributed by atoms with Crippen LogP contribution < -0.4 is 15.8 Å². The van der Waals surface area contributed by atoms with Crippen molar-refractivity contribution >= 4 is 11.9 Å². The van der Waals surface area contributed by atoms with Gasteiger partial charge in [0.2, 0.25) is 11.8 Å². The molecular weight excluding hydrogens is 375 g/mol. The molecule has 3 N–H and O–H groups in total. The zero-order chi connectivity index (χ0) is 20.6. The van der Waals surface area contributed by atoms with E-state index in [1.807, 2.05) is 11.8 Å². The fourth-order valence-electron chi connectivity index (χ4n) is 3.12. The first-order valence-electron chi connectivity index (χ1n) is 9.23. The number of guanidine groups is 1. The fraction of sp³-hybridized carbons (Fsp3) is 0.611. The molecule has 1 amide bonds. The highest BCUT2D eigenvalue weighted by Gasteiger charge is 2.29. The normalized spacial score (nSPS) is 18.1. The minimum absolute atomic E-state index is 0.0790. The van der Waals surface area contributed by atoms with Gasteiger partial charge < -0.3 is 20.7 Å². The van der Waals surface area contributed by atoms with Crippen LogP contribution >= 0.6 is 0 Å². The number of nitrogens with one attached hydrogen (secondary N) is 1. The minimum atomic E-state index is -4.43. The first-order chi connectivity index (χ1) is 13.3. The maximum atomic E-state index is 12.4. The number of likely N-dealkylation sites (tertiary alicyclic amines) is 1. The molecule has 1 aromatic heterocycles. The Morgan fingerprint density at radius 3 is 2.96 bits per heavy atom. The number of carbonyl (C=O) groups is 1. The van der Waals surface area contributed by atoms with Crippen LogP contribution in [0.2, 0.25) is 0 Å². The number of alkyl halides is 3. The van der Waals surface area contributed by atoms with Gasteiger partial charge in [0.1, 0.15) is 0 Å². The van der Waals surface area contributed by atoms with Crippen LogP contribution in [0.3, 0.4) is 0 Å². The summed E-state index contributed by atoms with van der Waals surface area (Å²) in [6.07, 6.45) is -0.889. The number of nitrogens with zero attached hydrogens (tertiary/aromatic N) is 3. The molecule has 7 nitrogen and oxygen atoms in total. The van der Waals surface area contributed by atoms with E-state index in [4.69, 9.17) is 10.5 Å². The summed E-state index contributed by atoms with van der Waals surface area (Å²) < 4.78 is 42.1. The summed E-state index contributed by atoms with van der Waals surface area (Å²) in [5.74, 6) is 0.404. The van der Waals surface area contributed by atoms with Crippen LogP contribution in [0.1, 0.15) is 31.7 Å². The van der Waals surface area contributed by atoms with Crippen LogP contribution in [0.15, 0.2) is 23.3 Å². The lowest BCUT2D eigenvalue weighted by atomic mass is 9.95. The third-order valence-corrected chi connectivity index (χ3v) is 4.26. The highest BCUT2D eigenvalue weighted by molar-refractivity contribution is 5.80. The van der Waals surface area contributed by atoms with E-state index in [9.17, 15) is 18.0 Å². The van der Waals surface area contributed by atoms with E-state index in [1.165, 1.54) is 6.20 Å². The Labute approximate surface area is 162 Å². The molecule has 1 fully saturated rings. The standard InChI is InChI=1S/C18H26F3N5O2/c1-2-23-17(26-8-4-5-13(11-26)9-15(22)27)25-10-14-6-3-7-24-16(14)28-12-18(19,20)21/h3,6-7,13H,2,4-5,8-12H2,1H3,(H2,22,27)(H,23,25). The second-order valence-corrected chi connectivity index (χ2v) is 6.67. The second-order valence-electron chi connectivity index (χ2n) is 6.67. The summed E-state index contributed by atoms with van der Waals surface area (Å²) in [6.45, 7) is 2.73. The molecule has 0 radical (unpaired) electrons. The van der Waals surface area contributed by atoms with Gasteiger partial charge in [0.15, 0.2) is 12.6 Å². The Hall–Kier alpha value is -2.52. The smallest absolute Gasteiger partial charge is 0.422 e.